The second-order valence-corrected chi connectivity index (χ2v) is 3.54. The number of ether oxygens (including phenoxy) is 1. The van der Waals surface area contributed by atoms with Crippen LogP contribution in [-0.4, -0.2) is 30.0 Å². The van der Waals surface area contributed by atoms with Crippen LogP contribution in [0.15, 0.2) is 12.3 Å². The molecule has 4 nitrogen and oxygen atoms in total. The Morgan fingerprint density at radius 1 is 1.47 bits per heavy atom. The minimum atomic E-state index is 0.748. The lowest BCUT2D eigenvalue weighted by atomic mass is 10.4. The molecular weight excluding hydrogens is 190 g/mol. The maximum absolute atomic E-state index is 5.50. The Morgan fingerprint density at radius 2 is 2.33 bits per heavy atom. The molecule has 86 valence electrons. The predicted octanol–water partition coefficient (Wildman–Crippen LogP) is 1.42. The monoisotopic (exact) mass is 211 g/mol. The quantitative estimate of drug-likeness (QED) is 0.661. The van der Waals surface area contributed by atoms with Crippen LogP contribution in [0.1, 0.15) is 25.5 Å². The summed E-state index contributed by atoms with van der Waals surface area (Å²) in [6.45, 7) is 5.47. The van der Waals surface area contributed by atoms with Gasteiger partial charge in [0.25, 0.3) is 0 Å². The third kappa shape index (κ3) is 4.44. The zero-order valence-corrected chi connectivity index (χ0v) is 9.70. The topological polar surface area (TPSA) is 39.1 Å². The van der Waals surface area contributed by atoms with E-state index >= 15 is 0 Å². The smallest absolute Gasteiger partial charge is 0.0662 e. The lowest BCUT2D eigenvalue weighted by Gasteiger charge is -2.07. The zero-order chi connectivity index (χ0) is 10.9. The average molecular weight is 211 g/mol. The van der Waals surface area contributed by atoms with Gasteiger partial charge in [0.2, 0.25) is 0 Å². The summed E-state index contributed by atoms with van der Waals surface area (Å²) >= 11 is 0. The van der Waals surface area contributed by atoms with Crippen LogP contribution < -0.4 is 5.32 Å². The van der Waals surface area contributed by atoms with Crippen LogP contribution in [0, 0.1) is 0 Å². The second kappa shape index (κ2) is 7.43. The summed E-state index contributed by atoms with van der Waals surface area (Å²) in [4.78, 5) is 0. The van der Waals surface area contributed by atoms with Crippen molar-refractivity contribution in [3.8, 4) is 0 Å². The summed E-state index contributed by atoms with van der Waals surface area (Å²) < 4.78 is 7.49. The van der Waals surface area contributed by atoms with Crippen LogP contribution in [0.2, 0.25) is 0 Å². The molecule has 0 aliphatic heterocycles. The molecule has 0 fully saturated rings. The molecule has 1 aromatic heterocycles. The van der Waals surface area contributed by atoms with Gasteiger partial charge in [-0.05, 0) is 19.5 Å². The first-order chi connectivity index (χ1) is 7.38. The van der Waals surface area contributed by atoms with E-state index in [1.54, 1.807) is 0 Å². The van der Waals surface area contributed by atoms with Crippen molar-refractivity contribution in [3.05, 3.63) is 18.0 Å². The van der Waals surface area contributed by atoms with Gasteiger partial charge in [-0.25, -0.2) is 0 Å². The van der Waals surface area contributed by atoms with E-state index in [0.717, 1.165) is 32.7 Å². The van der Waals surface area contributed by atoms with Crippen LogP contribution in [0.25, 0.3) is 0 Å². The number of aromatic nitrogens is 2. The molecule has 1 aromatic rings. The number of rotatable bonds is 8. The van der Waals surface area contributed by atoms with Crippen molar-refractivity contribution in [2.24, 2.45) is 0 Å². The Hall–Kier alpha value is -0.870. The highest BCUT2D eigenvalue weighted by Gasteiger charge is 2.00. The molecule has 0 amide bonds. The van der Waals surface area contributed by atoms with Crippen molar-refractivity contribution >= 4 is 0 Å². The third-order valence-corrected chi connectivity index (χ3v) is 2.25. The Kier molecular flexibility index (Phi) is 6.04. The Labute approximate surface area is 91.6 Å². The van der Waals surface area contributed by atoms with Crippen molar-refractivity contribution in [1.29, 1.82) is 0 Å². The minimum Gasteiger partial charge on any atom is -0.380 e. The van der Waals surface area contributed by atoms with E-state index in [0.29, 0.717) is 0 Å². The molecule has 0 radical (unpaired) electrons. The summed E-state index contributed by atoms with van der Waals surface area (Å²) in [5.74, 6) is 0. The molecule has 15 heavy (non-hydrogen) atoms. The highest BCUT2D eigenvalue weighted by Crippen LogP contribution is 1.98. The van der Waals surface area contributed by atoms with Crippen molar-refractivity contribution < 1.29 is 4.74 Å². The Morgan fingerprint density at radius 3 is 3.07 bits per heavy atom. The van der Waals surface area contributed by atoms with Crippen LogP contribution >= 0.6 is 0 Å². The molecule has 0 aromatic carbocycles. The van der Waals surface area contributed by atoms with Gasteiger partial charge in [-0.2, -0.15) is 5.10 Å². The maximum Gasteiger partial charge on any atom is 0.0662 e. The number of nitrogens with zero attached hydrogens (tertiary/aromatic N) is 2. The fourth-order valence-electron chi connectivity index (χ4n) is 1.39. The first kappa shape index (κ1) is 12.2. The van der Waals surface area contributed by atoms with Gasteiger partial charge >= 0.3 is 0 Å². The number of hydrogen-bond donors (Lipinski definition) is 1. The van der Waals surface area contributed by atoms with Crippen molar-refractivity contribution in [2.75, 3.05) is 20.3 Å². The van der Waals surface area contributed by atoms with Crippen LogP contribution in [0.4, 0.5) is 0 Å². The lowest BCUT2D eigenvalue weighted by Crippen LogP contribution is -2.15. The van der Waals surface area contributed by atoms with E-state index in [1.807, 2.05) is 24.0 Å². The van der Waals surface area contributed by atoms with E-state index in [-0.39, 0.29) is 0 Å². The highest BCUT2D eigenvalue weighted by molar-refractivity contribution is 4.99. The molecule has 0 bridgehead atoms. The molecule has 4 heteroatoms. The summed E-state index contributed by atoms with van der Waals surface area (Å²) in [6.07, 6.45) is 4.16. The first-order valence-electron chi connectivity index (χ1n) is 5.61. The SMILES string of the molecule is CCCCOCCn1nccc1CNC. The third-order valence-electron chi connectivity index (χ3n) is 2.25. The molecule has 0 saturated heterocycles. The van der Waals surface area contributed by atoms with Gasteiger partial charge in [-0.3, -0.25) is 4.68 Å². The van der Waals surface area contributed by atoms with Crippen LogP contribution in [0.3, 0.4) is 0 Å². The first-order valence-corrected chi connectivity index (χ1v) is 5.61. The molecule has 1 heterocycles. The molecule has 0 unspecified atom stereocenters. The van der Waals surface area contributed by atoms with E-state index in [9.17, 15) is 0 Å². The predicted molar refractivity (Wildman–Crippen MR) is 60.7 cm³/mol. The lowest BCUT2D eigenvalue weighted by molar-refractivity contribution is 0.120. The summed E-state index contributed by atoms with van der Waals surface area (Å²) in [5, 5.41) is 7.37. The summed E-state index contributed by atoms with van der Waals surface area (Å²) in [5.41, 5.74) is 1.21. The van der Waals surface area contributed by atoms with Gasteiger partial charge in [-0.15, -0.1) is 0 Å². The Bertz CT molecular complexity index is 260. The van der Waals surface area contributed by atoms with E-state index in [4.69, 9.17) is 4.74 Å². The van der Waals surface area contributed by atoms with Crippen LogP contribution in [-0.2, 0) is 17.8 Å². The van der Waals surface area contributed by atoms with Crippen LogP contribution in [0.5, 0.6) is 0 Å². The van der Waals surface area contributed by atoms with Crippen molar-refractivity contribution in [1.82, 2.24) is 15.1 Å². The number of hydrogen-bond acceptors (Lipinski definition) is 3. The van der Waals surface area contributed by atoms with Gasteiger partial charge in [0, 0.05) is 19.3 Å². The summed E-state index contributed by atoms with van der Waals surface area (Å²) in [6, 6.07) is 2.03. The van der Waals surface area contributed by atoms with E-state index < -0.39 is 0 Å². The molecule has 1 N–H and O–H groups in total. The maximum atomic E-state index is 5.50. The van der Waals surface area contributed by atoms with Crippen molar-refractivity contribution in [2.45, 2.75) is 32.9 Å². The minimum absolute atomic E-state index is 0.748. The molecule has 0 atom stereocenters. The molecule has 0 aliphatic rings. The average Bonchev–Trinajstić information content (AvgIpc) is 2.66. The van der Waals surface area contributed by atoms with E-state index in [2.05, 4.69) is 17.3 Å². The molecule has 1 rings (SSSR count). The van der Waals surface area contributed by atoms with Gasteiger partial charge in [0.15, 0.2) is 0 Å². The van der Waals surface area contributed by atoms with Gasteiger partial charge in [-0.1, -0.05) is 13.3 Å². The normalized spacial score (nSPS) is 10.8. The largest absolute Gasteiger partial charge is 0.380 e. The fraction of sp³-hybridized carbons (Fsp3) is 0.727. The standard InChI is InChI=1S/C11H21N3O/c1-3-4-8-15-9-7-14-11(10-12-2)5-6-13-14/h5-6,12H,3-4,7-10H2,1-2H3. The number of unbranched alkanes of at least 4 members (excludes halogenated alkanes) is 1. The van der Waals surface area contributed by atoms with Gasteiger partial charge in [0.05, 0.1) is 18.8 Å². The molecular formula is C11H21N3O. The highest BCUT2D eigenvalue weighted by atomic mass is 16.5. The van der Waals surface area contributed by atoms with Gasteiger partial charge in [0.1, 0.15) is 0 Å². The fourth-order valence-corrected chi connectivity index (χ4v) is 1.39. The number of nitrogens with one attached hydrogen (secondary N) is 1. The molecule has 0 saturated carbocycles. The summed E-state index contributed by atoms with van der Waals surface area (Å²) in [7, 11) is 1.94. The zero-order valence-electron chi connectivity index (χ0n) is 9.70. The second-order valence-electron chi connectivity index (χ2n) is 3.54. The molecule has 0 aliphatic carbocycles. The van der Waals surface area contributed by atoms with Gasteiger partial charge < -0.3 is 10.1 Å². The Balaban J connectivity index is 2.21. The molecule has 0 spiro atoms. The van der Waals surface area contributed by atoms with Crippen molar-refractivity contribution in [3.63, 3.8) is 0 Å². The van der Waals surface area contributed by atoms with E-state index in [1.165, 1.54) is 12.1 Å².